The molecule has 0 atom stereocenters. The van der Waals surface area contributed by atoms with E-state index in [4.69, 9.17) is 16.6 Å². The van der Waals surface area contributed by atoms with Gasteiger partial charge in [-0.05, 0) is 41.8 Å². The standard InChI is InChI=1S/C27H28ClFN4O/c1-17(2)18-6-3-4-8-23(18)33-16-31-27(32-12-10-30-11-13-32)20-14-21(28)19(15-24(20)33)26-22(29)7-5-9-25(26)34/h3-9,14-15,17,30,34H,10-13,16H2,1-2H3. The van der Waals surface area contributed by atoms with Crippen molar-refractivity contribution in [3.63, 3.8) is 0 Å². The van der Waals surface area contributed by atoms with Crippen molar-refractivity contribution in [1.29, 1.82) is 0 Å². The number of aromatic hydroxyl groups is 1. The van der Waals surface area contributed by atoms with Crippen LogP contribution >= 0.6 is 11.6 Å². The molecule has 0 aliphatic carbocycles. The summed E-state index contributed by atoms with van der Waals surface area (Å²) in [6.07, 6.45) is 0. The predicted molar refractivity (Wildman–Crippen MR) is 137 cm³/mol. The quantitative estimate of drug-likeness (QED) is 0.504. The number of aliphatic imine (C=N–C) groups is 1. The molecular formula is C27H28ClFN4O. The number of anilines is 2. The third-order valence-electron chi connectivity index (χ3n) is 6.51. The molecule has 2 aliphatic rings. The summed E-state index contributed by atoms with van der Waals surface area (Å²) in [5.74, 6) is 0.576. The molecule has 0 saturated carbocycles. The van der Waals surface area contributed by atoms with Crippen LogP contribution in [0.1, 0.15) is 30.9 Å². The fraction of sp³-hybridized carbons (Fsp3) is 0.296. The highest BCUT2D eigenvalue weighted by molar-refractivity contribution is 6.34. The molecule has 0 radical (unpaired) electrons. The van der Waals surface area contributed by atoms with Crippen molar-refractivity contribution in [2.75, 3.05) is 37.7 Å². The lowest BCUT2D eigenvalue weighted by Crippen LogP contribution is -2.48. The summed E-state index contributed by atoms with van der Waals surface area (Å²) in [6, 6.07) is 16.4. The minimum absolute atomic E-state index is 0.110. The highest BCUT2D eigenvalue weighted by Gasteiger charge is 2.29. The van der Waals surface area contributed by atoms with Crippen LogP contribution in [0.15, 0.2) is 59.6 Å². The Morgan fingerprint density at radius 3 is 2.50 bits per heavy atom. The molecule has 0 bridgehead atoms. The molecule has 7 heteroatoms. The van der Waals surface area contributed by atoms with Crippen LogP contribution in [-0.4, -0.2) is 48.7 Å². The van der Waals surface area contributed by atoms with Gasteiger partial charge < -0.3 is 20.2 Å². The smallest absolute Gasteiger partial charge is 0.135 e. The zero-order valence-corrected chi connectivity index (χ0v) is 20.1. The van der Waals surface area contributed by atoms with Crippen LogP contribution in [0.4, 0.5) is 15.8 Å². The van der Waals surface area contributed by atoms with Crippen molar-refractivity contribution in [2.24, 2.45) is 4.99 Å². The molecular weight excluding hydrogens is 451 g/mol. The molecule has 1 fully saturated rings. The number of hydrogen-bond donors (Lipinski definition) is 2. The van der Waals surface area contributed by atoms with E-state index in [1.807, 2.05) is 24.3 Å². The minimum Gasteiger partial charge on any atom is -0.507 e. The van der Waals surface area contributed by atoms with Crippen LogP contribution in [0.25, 0.3) is 11.1 Å². The second kappa shape index (κ2) is 9.28. The Morgan fingerprint density at radius 1 is 1.00 bits per heavy atom. The van der Waals surface area contributed by atoms with Crippen molar-refractivity contribution < 1.29 is 9.50 Å². The summed E-state index contributed by atoms with van der Waals surface area (Å²) in [6.45, 7) is 8.28. The number of amidine groups is 1. The molecule has 3 aromatic rings. The number of hydrogen-bond acceptors (Lipinski definition) is 5. The van der Waals surface area contributed by atoms with Gasteiger partial charge in [0.1, 0.15) is 24.1 Å². The third-order valence-corrected chi connectivity index (χ3v) is 6.82. The van der Waals surface area contributed by atoms with Gasteiger partial charge in [-0.1, -0.05) is 49.7 Å². The number of phenols is 1. The average Bonchev–Trinajstić information content (AvgIpc) is 2.84. The Morgan fingerprint density at radius 2 is 1.76 bits per heavy atom. The second-order valence-electron chi connectivity index (χ2n) is 8.98. The van der Waals surface area contributed by atoms with Gasteiger partial charge in [0.15, 0.2) is 0 Å². The van der Waals surface area contributed by atoms with Crippen molar-refractivity contribution in [1.82, 2.24) is 10.2 Å². The number of fused-ring (bicyclic) bond motifs is 1. The summed E-state index contributed by atoms with van der Waals surface area (Å²) >= 11 is 6.74. The van der Waals surface area contributed by atoms with E-state index in [9.17, 15) is 9.50 Å². The predicted octanol–water partition coefficient (Wildman–Crippen LogP) is 5.74. The number of halogens is 2. The van der Waals surface area contributed by atoms with Gasteiger partial charge in [0, 0.05) is 48.0 Å². The van der Waals surface area contributed by atoms with E-state index in [0.29, 0.717) is 23.2 Å². The van der Waals surface area contributed by atoms with E-state index in [2.05, 4.69) is 41.1 Å². The number of phenolic OH excluding ortho intramolecular Hbond substituents is 1. The Bertz CT molecular complexity index is 1230. The van der Waals surface area contributed by atoms with E-state index in [-0.39, 0.29) is 11.3 Å². The number of piperazine rings is 1. The Labute approximate surface area is 204 Å². The van der Waals surface area contributed by atoms with Crippen LogP contribution in [-0.2, 0) is 0 Å². The molecule has 1 saturated heterocycles. The lowest BCUT2D eigenvalue weighted by molar-refractivity contribution is 0.356. The summed E-state index contributed by atoms with van der Waals surface area (Å²) < 4.78 is 14.8. The van der Waals surface area contributed by atoms with Gasteiger partial charge in [0.2, 0.25) is 0 Å². The van der Waals surface area contributed by atoms with Crippen LogP contribution < -0.4 is 10.2 Å². The third kappa shape index (κ3) is 4.01. The first-order chi connectivity index (χ1) is 16.5. The summed E-state index contributed by atoms with van der Waals surface area (Å²) in [5.41, 5.74) is 4.66. The van der Waals surface area contributed by atoms with Crippen LogP contribution in [0.2, 0.25) is 5.02 Å². The molecule has 0 amide bonds. The van der Waals surface area contributed by atoms with Gasteiger partial charge in [-0.2, -0.15) is 0 Å². The second-order valence-corrected chi connectivity index (χ2v) is 9.39. The Hall–Kier alpha value is -3.09. The molecule has 3 aromatic carbocycles. The lowest BCUT2D eigenvalue weighted by Gasteiger charge is -2.38. The number of benzene rings is 3. The number of para-hydroxylation sites is 1. The largest absolute Gasteiger partial charge is 0.507 e. The molecule has 176 valence electrons. The fourth-order valence-corrected chi connectivity index (χ4v) is 5.07. The maximum atomic E-state index is 14.8. The zero-order chi connectivity index (χ0) is 23.8. The Kier molecular flexibility index (Phi) is 6.19. The molecule has 2 aliphatic heterocycles. The van der Waals surface area contributed by atoms with Crippen molar-refractivity contribution >= 4 is 28.8 Å². The average molecular weight is 479 g/mol. The maximum absolute atomic E-state index is 14.8. The van der Waals surface area contributed by atoms with Gasteiger partial charge in [0.05, 0.1) is 11.3 Å². The molecule has 2 N–H and O–H groups in total. The highest BCUT2D eigenvalue weighted by Crippen LogP contribution is 2.44. The minimum atomic E-state index is -0.511. The molecule has 0 aromatic heterocycles. The fourth-order valence-electron chi connectivity index (χ4n) is 4.81. The van der Waals surface area contributed by atoms with E-state index < -0.39 is 5.82 Å². The lowest BCUT2D eigenvalue weighted by atomic mass is 9.96. The van der Waals surface area contributed by atoms with Crippen molar-refractivity contribution in [3.05, 3.63) is 76.6 Å². The van der Waals surface area contributed by atoms with E-state index >= 15 is 0 Å². The SMILES string of the molecule is CC(C)c1ccccc1N1CN=C(N2CCNCC2)c2cc(Cl)c(-c3c(O)cccc3F)cc21. The first-order valence-corrected chi connectivity index (χ1v) is 12.0. The van der Waals surface area contributed by atoms with Crippen molar-refractivity contribution in [2.45, 2.75) is 19.8 Å². The van der Waals surface area contributed by atoms with Crippen LogP contribution in [0.3, 0.4) is 0 Å². The molecule has 2 heterocycles. The Balaban J connectivity index is 1.72. The monoisotopic (exact) mass is 478 g/mol. The first kappa shape index (κ1) is 22.7. The van der Waals surface area contributed by atoms with Crippen LogP contribution in [0.5, 0.6) is 5.75 Å². The maximum Gasteiger partial charge on any atom is 0.135 e. The summed E-state index contributed by atoms with van der Waals surface area (Å²) in [5, 5.41) is 14.2. The van der Waals surface area contributed by atoms with Gasteiger partial charge in [0.25, 0.3) is 0 Å². The molecule has 34 heavy (non-hydrogen) atoms. The van der Waals surface area contributed by atoms with Gasteiger partial charge >= 0.3 is 0 Å². The van der Waals surface area contributed by atoms with Gasteiger partial charge in [-0.3, -0.25) is 0 Å². The van der Waals surface area contributed by atoms with Crippen LogP contribution in [0, 0.1) is 5.82 Å². The van der Waals surface area contributed by atoms with E-state index in [1.54, 1.807) is 0 Å². The molecule has 0 spiro atoms. The number of rotatable bonds is 3. The number of nitrogens with zero attached hydrogens (tertiary/aromatic N) is 3. The molecule has 0 unspecified atom stereocenters. The molecule has 5 nitrogen and oxygen atoms in total. The van der Waals surface area contributed by atoms with Gasteiger partial charge in [-0.15, -0.1) is 0 Å². The highest BCUT2D eigenvalue weighted by atomic mass is 35.5. The normalized spacial score (nSPS) is 16.0. The number of nitrogens with one attached hydrogen (secondary N) is 1. The first-order valence-electron chi connectivity index (χ1n) is 11.6. The van der Waals surface area contributed by atoms with Gasteiger partial charge in [-0.25, -0.2) is 9.38 Å². The summed E-state index contributed by atoms with van der Waals surface area (Å²) in [4.78, 5) is 9.43. The summed E-state index contributed by atoms with van der Waals surface area (Å²) in [7, 11) is 0. The zero-order valence-electron chi connectivity index (χ0n) is 19.4. The van der Waals surface area contributed by atoms with Crippen molar-refractivity contribution in [3.8, 4) is 16.9 Å². The van der Waals surface area contributed by atoms with E-state index in [1.165, 1.54) is 23.8 Å². The topological polar surface area (TPSA) is 51.1 Å². The van der Waals surface area contributed by atoms with E-state index in [0.717, 1.165) is 49.0 Å². The molecule has 5 rings (SSSR count).